The van der Waals surface area contributed by atoms with Gasteiger partial charge in [-0.3, -0.25) is 4.90 Å². The standard InChI is InChI=1S/C33H47N7O2/c1-27(2)22-37-18-10-33(11-19-37)12-20-38(26-33)16-3-17-40-21-15-36-31(40)25-39(24-30-34-13-14-35-30)23-29-6-4-28(5-7-29)8-9-32(41)42/h4-9,13-15,21,27H,3,10-12,16-20,22-26H2,1-2H3,(H,34,35)(H,41,42)/b9-8+. The summed E-state index contributed by atoms with van der Waals surface area (Å²) in [7, 11) is 0. The number of aromatic nitrogens is 4. The molecule has 3 aromatic rings. The average molecular weight is 574 g/mol. The van der Waals surface area contributed by atoms with Gasteiger partial charge in [-0.05, 0) is 80.4 Å². The van der Waals surface area contributed by atoms with Crippen LogP contribution in [0.4, 0.5) is 0 Å². The van der Waals surface area contributed by atoms with Crippen molar-refractivity contribution < 1.29 is 9.90 Å². The molecule has 2 aliphatic rings. The van der Waals surface area contributed by atoms with Gasteiger partial charge in [-0.1, -0.05) is 38.1 Å². The first-order valence-electron chi connectivity index (χ1n) is 15.5. The lowest BCUT2D eigenvalue weighted by Gasteiger charge is -2.40. The van der Waals surface area contributed by atoms with Gasteiger partial charge in [0.05, 0.1) is 13.1 Å². The highest BCUT2D eigenvalue weighted by molar-refractivity contribution is 5.85. The summed E-state index contributed by atoms with van der Waals surface area (Å²) in [6.45, 7) is 15.2. The van der Waals surface area contributed by atoms with Gasteiger partial charge in [0.15, 0.2) is 0 Å². The molecule has 1 aromatic carbocycles. The predicted octanol–water partition coefficient (Wildman–Crippen LogP) is 4.74. The minimum absolute atomic E-state index is 0.546. The van der Waals surface area contributed by atoms with E-state index in [1.54, 1.807) is 12.3 Å². The van der Waals surface area contributed by atoms with Crippen molar-refractivity contribution in [2.24, 2.45) is 11.3 Å². The number of rotatable bonds is 14. The third kappa shape index (κ3) is 8.63. The predicted molar refractivity (Wildman–Crippen MR) is 165 cm³/mol. The Bertz CT molecular complexity index is 1270. The van der Waals surface area contributed by atoms with Crippen LogP contribution in [0.25, 0.3) is 6.08 Å². The van der Waals surface area contributed by atoms with Crippen LogP contribution >= 0.6 is 0 Å². The highest BCUT2D eigenvalue weighted by Crippen LogP contribution is 2.40. The minimum atomic E-state index is -0.943. The van der Waals surface area contributed by atoms with Crippen molar-refractivity contribution in [1.82, 2.24) is 34.2 Å². The SMILES string of the molecule is CC(C)CN1CCC2(CC1)CCN(CCCn1ccnc1CN(Cc1ccc(/C=C/C(=O)O)cc1)Cc1ncc[nH]1)C2. The molecule has 0 aliphatic carbocycles. The summed E-state index contributed by atoms with van der Waals surface area (Å²) < 4.78 is 2.31. The van der Waals surface area contributed by atoms with E-state index in [0.717, 1.165) is 60.8 Å². The van der Waals surface area contributed by atoms with Crippen molar-refractivity contribution in [2.75, 3.05) is 39.3 Å². The molecule has 0 unspecified atom stereocenters. The third-order valence-corrected chi connectivity index (χ3v) is 8.83. The zero-order valence-corrected chi connectivity index (χ0v) is 25.3. The molecule has 1 spiro atoms. The fourth-order valence-electron chi connectivity index (χ4n) is 6.64. The number of hydrogen-bond donors (Lipinski definition) is 2. The van der Waals surface area contributed by atoms with E-state index in [4.69, 9.17) is 10.1 Å². The summed E-state index contributed by atoms with van der Waals surface area (Å²) >= 11 is 0. The van der Waals surface area contributed by atoms with Crippen molar-refractivity contribution in [2.45, 2.75) is 65.7 Å². The molecule has 226 valence electrons. The van der Waals surface area contributed by atoms with Gasteiger partial charge in [0.25, 0.3) is 0 Å². The second-order valence-electron chi connectivity index (χ2n) is 12.7. The number of H-pyrrole nitrogens is 1. The smallest absolute Gasteiger partial charge is 0.328 e. The number of likely N-dealkylation sites (tertiary alicyclic amines) is 2. The Morgan fingerprint density at radius 1 is 1.02 bits per heavy atom. The number of benzene rings is 1. The lowest BCUT2D eigenvalue weighted by Crippen LogP contribution is -2.42. The van der Waals surface area contributed by atoms with Crippen molar-refractivity contribution >= 4 is 12.0 Å². The maximum absolute atomic E-state index is 10.8. The van der Waals surface area contributed by atoms with E-state index < -0.39 is 5.97 Å². The number of imidazole rings is 2. The number of aromatic amines is 1. The Morgan fingerprint density at radius 2 is 1.79 bits per heavy atom. The quantitative estimate of drug-likeness (QED) is 0.269. The molecule has 42 heavy (non-hydrogen) atoms. The van der Waals surface area contributed by atoms with Crippen LogP contribution in [-0.4, -0.2) is 84.6 Å². The first kappa shape index (κ1) is 30.2. The summed E-state index contributed by atoms with van der Waals surface area (Å²) in [5.74, 6) is 1.80. The molecule has 2 saturated heterocycles. The fourth-order valence-corrected chi connectivity index (χ4v) is 6.64. The molecular weight excluding hydrogens is 526 g/mol. The molecule has 2 aliphatic heterocycles. The Balaban J connectivity index is 1.13. The van der Waals surface area contributed by atoms with Crippen LogP contribution in [0.2, 0.25) is 0 Å². The van der Waals surface area contributed by atoms with Gasteiger partial charge < -0.3 is 24.5 Å². The summed E-state index contributed by atoms with van der Waals surface area (Å²) in [5, 5.41) is 8.89. The molecule has 0 bridgehead atoms. The molecule has 0 saturated carbocycles. The van der Waals surface area contributed by atoms with E-state index in [9.17, 15) is 4.79 Å². The lowest BCUT2D eigenvalue weighted by atomic mass is 9.77. The Morgan fingerprint density at radius 3 is 2.48 bits per heavy atom. The van der Waals surface area contributed by atoms with E-state index in [2.05, 4.69) is 61.4 Å². The topological polar surface area (TPSA) is 93.5 Å². The van der Waals surface area contributed by atoms with Gasteiger partial charge in [0, 0.05) is 57.0 Å². The molecule has 0 atom stereocenters. The number of piperidine rings is 1. The van der Waals surface area contributed by atoms with Gasteiger partial charge >= 0.3 is 5.97 Å². The van der Waals surface area contributed by atoms with E-state index in [-0.39, 0.29) is 0 Å². The number of carboxylic acids is 1. The number of aliphatic carboxylic acids is 1. The third-order valence-electron chi connectivity index (χ3n) is 8.83. The van der Waals surface area contributed by atoms with E-state index in [1.807, 2.05) is 24.5 Å². The summed E-state index contributed by atoms with van der Waals surface area (Å²) in [6.07, 6.45) is 15.6. The van der Waals surface area contributed by atoms with Gasteiger partial charge in [-0.2, -0.15) is 0 Å². The van der Waals surface area contributed by atoms with Crippen LogP contribution < -0.4 is 0 Å². The molecule has 2 fully saturated rings. The molecule has 0 amide bonds. The first-order valence-corrected chi connectivity index (χ1v) is 15.5. The summed E-state index contributed by atoms with van der Waals surface area (Å²) in [4.78, 5) is 31.0. The van der Waals surface area contributed by atoms with E-state index in [0.29, 0.717) is 18.5 Å². The normalized spacial score (nSPS) is 17.8. The Labute approximate surface area is 250 Å². The van der Waals surface area contributed by atoms with Crippen LogP contribution in [0.5, 0.6) is 0 Å². The minimum Gasteiger partial charge on any atom is -0.478 e. The largest absolute Gasteiger partial charge is 0.478 e. The number of hydrogen-bond acceptors (Lipinski definition) is 6. The second-order valence-corrected chi connectivity index (χ2v) is 12.7. The highest BCUT2D eigenvalue weighted by atomic mass is 16.4. The van der Waals surface area contributed by atoms with Crippen LogP contribution in [0.1, 0.15) is 62.3 Å². The van der Waals surface area contributed by atoms with Crippen LogP contribution in [0, 0.1) is 11.3 Å². The van der Waals surface area contributed by atoms with Gasteiger partial charge in [-0.25, -0.2) is 14.8 Å². The molecule has 5 rings (SSSR count). The van der Waals surface area contributed by atoms with Crippen molar-refractivity contribution in [3.8, 4) is 0 Å². The lowest BCUT2D eigenvalue weighted by molar-refractivity contribution is -0.131. The van der Waals surface area contributed by atoms with Crippen molar-refractivity contribution in [3.05, 3.63) is 77.9 Å². The number of carbonyl (C=O) groups is 1. The molecule has 9 heteroatoms. The molecule has 2 aromatic heterocycles. The number of nitrogens with one attached hydrogen (secondary N) is 1. The number of carboxylic acid groups (broad SMARTS) is 1. The number of nitrogens with zero attached hydrogens (tertiary/aromatic N) is 6. The Hall–Kier alpha value is -3.27. The van der Waals surface area contributed by atoms with E-state index in [1.165, 1.54) is 52.0 Å². The Kier molecular flexibility index (Phi) is 10.3. The molecule has 4 heterocycles. The first-order chi connectivity index (χ1) is 20.4. The highest BCUT2D eigenvalue weighted by Gasteiger charge is 2.40. The van der Waals surface area contributed by atoms with Gasteiger partial charge in [0.1, 0.15) is 11.6 Å². The maximum atomic E-state index is 10.8. The zero-order valence-electron chi connectivity index (χ0n) is 25.3. The van der Waals surface area contributed by atoms with Gasteiger partial charge in [-0.15, -0.1) is 0 Å². The average Bonchev–Trinajstić information content (AvgIpc) is 3.72. The molecule has 0 radical (unpaired) electrons. The summed E-state index contributed by atoms with van der Waals surface area (Å²) in [5.41, 5.74) is 2.57. The van der Waals surface area contributed by atoms with Crippen LogP contribution in [0.3, 0.4) is 0 Å². The fraction of sp³-hybridized carbons (Fsp3) is 0.545. The van der Waals surface area contributed by atoms with Crippen molar-refractivity contribution in [1.29, 1.82) is 0 Å². The second kappa shape index (κ2) is 14.3. The molecule has 2 N–H and O–H groups in total. The monoisotopic (exact) mass is 573 g/mol. The van der Waals surface area contributed by atoms with Crippen LogP contribution in [-0.2, 0) is 31.0 Å². The zero-order chi connectivity index (χ0) is 29.4. The van der Waals surface area contributed by atoms with Crippen LogP contribution in [0.15, 0.2) is 55.1 Å². The molecular formula is C33H47N7O2. The van der Waals surface area contributed by atoms with Gasteiger partial charge in [0.2, 0.25) is 0 Å². The maximum Gasteiger partial charge on any atom is 0.328 e. The summed E-state index contributed by atoms with van der Waals surface area (Å²) in [6, 6.07) is 8.02. The van der Waals surface area contributed by atoms with Crippen molar-refractivity contribution in [3.63, 3.8) is 0 Å². The molecule has 9 nitrogen and oxygen atoms in total. The number of aryl methyl sites for hydroxylation is 1. The van der Waals surface area contributed by atoms with E-state index >= 15 is 0 Å².